The average molecular weight is 584 g/mol. The Balaban J connectivity index is 1.24. The molecule has 0 amide bonds. The summed E-state index contributed by atoms with van der Waals surface area (Å²) >= 11 is 0. The number of benzene rings is 7. The SMILES string of the molecule is c1ccc(-c2ccc(N3c4cccc5c4B4c6c(cccc63)-c3c(ccc6c3oc3ccccc36)N4c3ccccc3-5)cc2)cc1. The zero-order valence-electron chi connectivity index (χ0n) is 24.8. The Morgan fingerprint density at radius 3 is 1.93 bits per heavy atom. The molecule has 212 valence electrons. The minimum Gasteiger partial charge on any atom is -0.455 e. The molecular weight excluding hydrogens is 559 g/mol. The summed E-state index contributed by atoms with van der Waals surface area (Å²) < 4.78 is 6.73. The van der Waals surface area contributed by atoms with Crippen LogP contribution in [0, 0.1) is 0 Å². The monoisotopic (exact) mass is 584 g/mol. The maximum Gasteiger partial charge on any atom is 0.333 e. The Morgan fingerprint density at radius 2 is 1.09 bits per heavy atom. The number of fused-ring (bicyclic) bond motifs is 10. The average Bonchev–Trinajstić information content (AvgIpc) is 3.51. The lowest BCUT2D eigenvalue weighted by Crippen LogP contribution is -2.63. The summed E-state index contributed by atoms with van der Waals surface area (Å²) in [7, 11) is 0. The first-order valence-corrected chi connectivity index (χ1v) is 15.9. The molecule has 3 nitrogen and oxygen atoms in total. The minimum atomic E-state index is 0.0430. The van der Waals surface area contributed by atoms with Crippen LogP contribution in [0.4, 0.5) is 28.4 Å². The van der Waals surface area contributed by atoms with Crippen molar-refractivity contribution < 1.29 is 4.42 Å². The van der Waals surface area contributed by atoms with Crippen LogP contribution in [0.15, 0.2) is 156 Å². The zero-order chi connectivity index (χ0) is 29.9. The molecule has 11 rings (SSSR count). The van der Waals surface area contributed by atoms with Gasteiger partial charge in [-0.1, -0.05) is 103 Å². The molecule has 3 aliphatic rings. The van der Waals surface area contributed by atoms with E-state index in [2.05, 4.69) is 161 Å². The van der Waals surface area contributed by atoms with Crippen LogP contribution in [0.2, 0.25) is 0 Å². The third-order valence-corrected chi connectivity index (χ3v) is 10.2. The van der Waals surface area contributed by atoms with Gasteiger partial charge in [-0.15, -0.1) is 0 Å². The molecule has 3 aliphatic heterocycles. The molecule has 1 aromatic heterocycles. The molecule has 0 unspecified atom stereocenters. The first-order chi connectivity index (χ1) is 22.8. The Bertz CT molecular complexity index is 2550. The number of furan rings is 1. The van der Waals surface area contributed by atoms with Crippen molar-refractivity contribution in [1.29, 1.82) is 0 Å². The summed E-state index contributed by atoms with van der Waals surface area (Å²) in [5.74, 6) is 0. The summed E-state index contributed by atoms with van der Waals surface area (Å²) in [4.78, 5) is 5.05. The van der Waals surface area contributed by atoms with Gasteiger partial charge < -0.3 is 14.1 Å². The van der Waals surface area contributed by atoms with Gasteiger partial charge in [-0.25, -0.2) is 0 Å². The second-order valence-corrected chi connectivity index (χ2v) is 12.4. The number of rotatable bonds is 2. The fourth-order valence-corrected chi connectivity index (χ4v) is 8.33. The van der Waals surface area contributed by atoms with Gasteiger partial charge >= 0.3 is 6.85 Å². The van der Waals surface area contributed by atoms with Crippen molar-refractivity contribution in [2.45, 2.75) is 0 Å². The van der Waals surface area contributed by atoms with E-state index in [0.29, 0.717) is 0 Å². The molecule has 46 heavy (non-hydrogen) atoms. The van der Waals surface area contributed by atoms with Crippen LogP contribution < -0.4 is 20.6 Å². The van der Waals surface area contributed by atoms with Gasteiger partial charge in [0.1, 0.15) is 11.2 Å². The van der Waals surface area contributed by atoms with E-state index in [0.717, 1.165) is 27.6 Å². The van der Waals surface area contributed by atoms with Crippen LogP contribution in [0.25, 0.3) is 55.3 Å². The third kappa shape index (κ3) is 3.03. The van der Waals surface area contributed by atoms with E-state index >= 15 is 0 Å². The smallest absolute Gasteiger partial charge is 0.333 e. The maximum absolute atomic E-state index is 6.73. The Kier molecular flexibility index (Phi) is 4.66. The summed E-state index contributed by atoms with van der Waals surface area (Å²) in [5, 5.41) is 2.31. The molecule has 0 fully saturated rings. The minimum absolute atomic E-state index is 0.0430. The summed E-state index contributed by atoms with van der Waals surface area (Å²) in [6.07, 6.45) is 0. The normalized spacial score (nSPS) is 13.5. The van der Waals surface area contributed by atoms with Gasteiger partial charge in [0.15, 0.2) is 0 Å². The highest BCUT2D eigenvalue weighted by molar-refractivity contribution is 6.95. The number of nitrogens with zero attached hydrogens (tertiary/aromatic N) is 2. The lowest BCUT2D eigenvalue weighted by Gasteiger charge is -2.49. The largest absolute Gasteiger partial charge is 0.455 e. The molecule has 0 spiro atoms. The van der Waals surface area contributed by atoms with Gasteiger partial charge in [-0.3, -0.25) is 0 Å². The molecule has 0 radical (unpaired) electrons. The van der Waals surface area contributed by atoms with E-state index in [-0.39, 0.29) is 6.85 Å². The highest BCUT2D eigenvalue weighted by Gasteiger charge is 2.49. The zero-order valence-corrected chi connectivity index (χ0v) is 24.8. The van der Waals surface area contributed by atoms with Crippen molar-refractivity contribution in [2.75, 3.05) is 9.71 Å². The van der Waals surface area contributed by atoms with E-state index in [1.807, 2.05) is 0 Å². The van der Waals surface area contributed by atoms with Crippen molar-refractivity contribution in [1.82, 2.24) is 0 Å². The summed E-state index contributed by atoms with van der Waals surface area (Å²) in [5.41, 5.74) is 18.0. The predicted octanol–water partition coefficient (Wildman–Crippen LogP) is 9.94. The fraction of sp³-hybridized carbons (Fsp3) is 0. The molecule has 0 aliphatic carbocycles. The lowest BCUT2D eigenvalue weighted by atomic mass is 9.41. The first-order valence-electron chi connectivity index (χ1n) is 15.9. The highest BCUT2D eigenvalue weighted by atomic mass is 16.3. The van der Waals surface area contributed by atoms with Crippen molar-refractivity contribution >= 4 is 68.1 Å². The standard InChI is InChI=1S/C42H25BN2O/c1-2-10-26(11-3-1)27-20-22-28(23-21-27)44-36-17-8-14-31-29-12-4-6-16-34(29)45-35-25-24-32-30-13-5-7-19-38(30)46-42(32)39(35)33-15-9-18-37(44)41(33)43(45)40(31)36/h1-25H. The second-order valence-electron chi connectivity index (χ2n) is 12.4. The highest BCUT2D eigenvalue weighted by Crippen LogP contribution is 2.53. The number of hydrogen-bond acceptors (Lipinski definition) is 3. The number of hydrogen-bond donors (Lipinski definition) is 0. The Hall–Kier alpha value is -6.00. The number of para-hydroxylation sites is 2. The van der Waals surface area contributed by atoms with Gasteiger partial charge in [0.2, 0.25) is 0 Å². The quantitative estimate of drug-likeness (QED) is 0.189. The van der Waals surface area contributed by atoms with Crippen LogP contribution in [0.3, 0.4) is 0 Å². The van der Waals surface area contributed by atoms with Crippen molar-refractivity contribution in [3.8, 4) is 33.4 Å². The fourth-order valence-electron chi connectivity index (χ4n) is 8.33. The molecule has 0 bridgehead atoms. The van der Waals surface area contributed by atoms with E-state index in [9.17, 15) is 0 Å². The van der Waals surface area contributed by atoms with Crippen LogP contribution in [-0.2, 0) is 0 Å². The van der Waals surface area contributed by atoms with Gasteiger partial charge in [0.25, 0.3) is 0 Å². The van der Waals surface area contributed by atoms with Gasteiger partial charge in [-0.2, -0.15) is 0 Å². The molecule has 8 aromatic rings. The molecule has 0 saturated carbocycles. The summed E-state index contributed by atoms with van der Waals surface area (Å²) in [6, 6.07) is 55.1. The second kappa shape index (κ2) is 8.80. The van der Waals surface area contributed by atoms with E-state index < -0.39 is 0 Å². The van der Waals surface area contributed by atoms with Gasteiger partial charge in [-0.05, 0) is 81.7 Å². The Morgan fingerprint density at radius 1 is 0.435 bits per heavy atom. The van der Waals surface area contributed by atoms with Gasteiger partial charge in [0, 0.05) is 50.3 Å². The van der Waals surface area contributed by atoms with Crippen LogP contribution >= 0.6 is 0 Å². The third-order valence-electron chi connectivity index (χ3n) is 10.2. The van der Waals surface area contributed by atoms with E-state index in [1.165, 1.54) is 67.1 Å². The van der Waals surface area contributed by atoms with Crippen molar-refractivity contribution in [3.05, 3.63) is 152 Å². The maximum atomic E-state index is 6.73. The number of anilines is 5. The Labute approximate surface area is 266 Å². The van der Waals surface area contributed by atoms with Crippen molar-refractivity contribution in [2.24, 2.45) is 0 Å². The van der Waals surface area contributed by atoms with Gasteiger partial charge in [0.05, 0.1) is 0 Å². The molecule has 0 atom stereocenters. The molecule has 4 heteroatoms. The predicted molar refractivity (Wildman–Crippen MR) is 192 cm³/mol. The van der Waals surface area contributed by atoms with Crippen LogP contribution in [0.5, 0.6) is 0 Å². The van der Waals surface area contributed by atoms with Crippen LogP contribution in [-0.4, -0.2) is 6.85 Å². The van der Waals surface area contributed by atoms with E-state index in [4.69, 9.17) is 4.42 Å². The lowest BCUT2D eigenvalue weighted by molar-refractivity contribution is 0.670. The molecule has 7 aromatic carbocycles. The van der Waals surface area contributed by atoms with Crippen molar-refractivity contribution in [3.63, 3.8) is 0 Å². The molecule has 0 N–H and O–H groups in total. The van der Waals surface area contributed by atoms with Crippen LogP contribution in [0.1, 0.15) is 0 Å². The topological polar surface area (TPSA) is 19.6 Å². The first kappa shape index (κ1) is 24.3. The molecule has 4 heterocycles. The summed E-state index contributed by atoms with van der Waals surface area (Å²) in [6.45, 7) is 0.0430. The molecular formula is C42H25BN2O. The van der Waals surface area contributed by atoms with E-state index in [1.54, 1.807) is 0 Å². The molecule has 0 saturated heterocycles.